The molecule has 9 atom stereocenters. The van der Waals surface area contributed by atoms with Crippen molar-refractivity contribution in [3.8, 4) is 0 Å². The molecule has 0 aromatic carbocycles. The first kappa shape index (κ1) is 26.6. The molecule has 1 heterocycles. The molecule has 1 N–H and O–H groups in total. The van der Waals surface area contributed by atoms with Gasteiger partial charge in [-0.1, -0.05) is 38.8 Å². The van der Waals surface area contributed by atoms with Crippen LogP contribution >= 0.6 is 0 Å². The second kappa shape index (κ2) is 10.6. The number of carbonyl (C=O) groups is 1. The van der Waals surface area contributed by atoms with Crippen molar-refractivity contribution in [2.75, 3.05) is 26.7 Å². The molecule has 1 aliphatic heterocycles. The number of nitrogens with zero attached hydrogens (tertiary/aromatic N) is 1. The lowest BCUT2D eigenvalue weighted by Gasteiger charge is -2.61. The van der Waals surface area contributed by atoms with Gasteiger partial charge in [0.2, 0.25) is 0 Å². The molecule has 0 spiro atoms. The lowest BCUT2D eigenvalue weighted by Crippen LogP contribution is -2.53. The first-order valence-corrected chi connectivity index (χ1v) is 15.5. The van der Waals surface area contributed by atoms with Crippen molar-refractivity contribution < 1.29 is 9.53 Å². The molecule has 4 aliphatic carbocycles. The molecule has 4 heteroatoms. The van der Waals surface area contributed by atoms with Gasteiger partial charge in [0.1, 0.15) is 0 Å². The monoisotopic (exact) mass is 498 g/mol. The van der Waals surface area contributed by atoms with Crippen molar-refractivity contribution in [3.63, 3.8) is 0 Å². The molecule has 204 valence electrons. The summed E-state index contributed by atoms with van der Waals surface area (Å²) in [6.45, 7) is 12.5. The lowest BCUT2D eigenvalue weighted by atomic mass is 9.44. The molecule has 5 fully saturated rings. The van der Waals surface area contributed by atoms with Crippen molar-refractivity contribution in [3.05, 3.63) is 11.6 Å². The van der Waals surface area contributed by atoms with E-state index in [2.05, 4.69) is 39.1 Å². The number of fused-ring (bicyclic) bond motifs is 5. The van der Waals surface area contributed by atoms with Crippen molar-refractivity contribution in [1.82, 2.24) is 10.2 Å². The molecule has 0 aromatic rings. The second-order valence-corrected chi connectivity index (χ2v) is 14.2. The largest absolute Gasteiger partial charge is 0.449 e. The highest BCUT2D eigenvalue weighted by Gasteiger charge is 2.60. The van der Waals surface area contributed by atoms with Gasteiger partial charge in [-0.15, -0.1) is 0 Å². The molecule has 3 unspecified atom stereocenters. The van der Waals surface area contributed by atoms with Crippen molar-refractivity contribution in [2.24, 2.45) is 46.3 Å². The van der Waals surface area contributed by atoms with Crippen LogP contribution in [0, 0.1) is 46.3 Å². The highest BCUT2D eigenvalue weighted by Crippen LogP contribution is 2.68. The van der Waals surface area contributed by atoms with Crippen LogP contribution in [0.2, 0.25) is 0 Å². The third-order valence-electron chi connectivity index (χ3n) is 12.3. The fraction of sp³-hybridized carbons (Fsp3) is 0.906. The fourth-order valence-corrected chi connectivity index (χ4v) is 10.2. The first-order chi connectivity index (χ1) is 17.2. The summed E-state index contributed by atoms with van der Waals surface area (Å²) in [7, 11) is 1.86. The zero-order valence-electron chi connectivity index (χ0n) is 24.0. The molecule has 0 radical (unpaired) electrons. The smallest absolute Gasteiger partial charge is 0.409 e. The minimum atomic E-state index is -0.179. The average Bonchev–Trinajstić information content (AvgIpc) is 3.49. The fourth-order valence-electron chi connectivity index (χ4n) is 10.2. The third kappa shape index (κ3) is 4.90. The average molecular weight is 499 g/mol. The molecule has 5 aliphatic rings. The van der Waals surface area contributed by atoms with Crippen molar-refractivity contribution in [2.45, 2.75) is 111 Å². The van der Waals surface area contributed by atoms with E-state index >= 15 is 0 Å². The van der Waals surface area contributed by atoms with E-state index in [4.69, 9.17) is 4.74 Å². The number of carbonyl (C=O) groups excluding carboxylic acids is 1. The van der Waals surface area contributed by atoms with Crippen LogP contribution in [0.4, 0.5) is 4.79 Å². The molecule has 1 saturated heterocycles. The number of hydrogen-bond acceptors (Lipinski definition) is 3. The molecule has 36 heavy (non-hydrogen) atoms. The van der Waals surface area contributed by atoms with E-state index in [-0.39, 0.29) is 6.09 Å². The maximum Gasteiger partial charge on any atom is 0.409 e. The Morgan fingerprint density at radius 3 is 2.58 bits per heavy atom. The topological polar surface area (TPSA) is 41.6 Å². The Morgan fingerprint density at radius 1 is 1.03 bits per heavy atom. The number of hydrogen-bond donors (Lipinski definition) is 1. The number of amides is 1. The van der Waals surface area contributed by atoms with E-state index in [9.17, 15) is 4.79 Å². The molecule has 4 nitrogen and oxygen atoms in total. The van der Waals surface area contributed by atoms with Crippen molar-refractivity contribution in [1.29, 1.82) is 0 Å². The van der Waals surface area contributed by atoms with Gasteiger partial charge in [0, 0.05) is 19.6 Å². The minimum absolute atomic E-state index is 0.179. The summed E-state index contributed by atoms with van der Waals surface area (Å²) in [6.07, 6.45) is 18.5. The van der Waals surface area contributed by atoms with Crippen LogP contribution in [0.25, 0.3) is 0 Å². The van der Waals surface area contributed by atoms with Gasteiger partial charge >= 0.3 is 6.09 Å². The number of likely N-dealkylation sites (N-methyl/N-ethyl adjacent to an activating group) is 1. The number of ether oxygens (including phenoxy) is 1. The lowest BCUT2D eigenvalue weighted by molar-refractivity contribution is -0.114. The quantitative estimate of drug-likeness (QED) is 0.306. The maximum atomic E-state index is 12.4. The minimum Gasteiger partial charge on any atom is -0.449 e. The maximum absolute atomic E-state index is 12.4. The predicted octanol–water partition coefficient (Wildman–Crippen LogP) is 7.44. The zero-order valence-corrected chi connectivity index (χ0v) is 24.0. The van der Waals surface area contributed by atoms with Crippen LogP contribution in [-0.2, 0) is 4.74 Å². The summed E-state index contributed by atoms with van der Waals surface area (Å²) in [5.41, 5.74) is 2.65. The normalized spacial score (nSPS) is 44.5. The Labute approximate surface area is 221 Å². The van der Waals surface area contributed by atoms with Crippen LogP contribution < -0.4 is 5.32 Å². The summed E-state index contributed by atoms with van der Waals surface area (Å²) in [4.78, 5) is 14.1. The van der Waals surface area contributed by atoms with Crippen LogP contribution in [0.1, 0.15) is 105 Å². The molecule has 5 rings (SSSR count). The van der Waals surface area contributed by atoms with Gasteiger partial charge in [0.15, 0.2) is 0 Å². The Kier molecular flexibility index (Phi) is 7.84. The van der Waals surface area contributed by atoms with E-state index in [1.54, 1.807) is 10.5 Å². The Hall–Kier alpha value is -1.03. The number of rotatable bonds is 6. The van der Waals surface area contributed by atoms with Gasteiger partial charge in [-0.05, 0) is 130 Å². The predicted molar refractivity (Wildman–Crippen MR) is 148 cm³/mol. The highest BCUT2D eigenvalue weighted by atomic mass is 16.6. The summed E-state index contributed by atoms with van der Waals surface area (Å²) >= 11 is 0. The Balaban J connectivity index is 1.15. The second-order valence-electron chi connectivity index (χ2n) is 14.2. The summed E-state index contributed by atoms with van der Waals surface area (Å²) in [5, 5.41) is 3.46. The third-order valence-corrected chi connectivity index (χ3v) is 12.3. The van der Waals surface area contributed by atoms with Gasteiger partial charge in [-0.25, -0.2) is 4.79 Å². The Morgan fingerprint density at radius 2 is 1.81 bits per heavy atom. The van der Waals surface area contributed by atoms with Gasteiger partial charge < -0.3 is 15.0 Å². The van der Waals surface area contributed by atoms with Gasteiger partial charge in [0.25, 0.3) is 0 Å². The van der Waals surface area contributed by atoms with Crippen molar-refractivity contribution >= 4 is 6.09 Å². The summed E-state index contributed by atoms with van der Waals surface area (Å²) in [5.74, 6) is 5.50. The summed E-state index contributed by atoms with van der Waals surface area (Å²) < 4.78 is 5.61. The summed E-state index contributed by atoms with van der Waals surface area (Å²) in [6, 6.07) is 0.426. The zero-order chi connectivity index (χ0) is 25.5. The van der Waals surface area contributed by atoms with Gasteiger partial charge in [-0.2, -0.15) is 0 Å². The molecule has 0 bridgehead atoms. The van der Waals surface area contributed by atoms with Crippen LogP contribution in [0.3, 0.4) is 0 Å². The van der Waals surface area contributed by atoms with Crippen LogP contribution in [-0.4, -0.2) is 43.8 Å². The number of allylic oxidation sites excluding steroid dienone is 1. The van der Waals surface area contributed by atoms with E-state index in [0.717, 1.165) is 55.5 Å². The molecule has 1 amide bonds. The number of nitrogens with one attached hydrogen (secondary N) is 1. The molecule has 0 aromatic heterocycles. The molecular formula is C32H54N2O2. The van der Waals surface area contributed by atoms with E-state index in [0.29, 0.717) is 29.4 Å². The van der Waals surface area contributed by atoms with E-state index in [1.165, 1.54) is 64.2 Å². The van der Waals surface area contributed by atoms with Gasteiger partial charge in [-0.3, -0.25) is 0 Å². The van der Waals surface area contributed by atoms with Crippen LogP contribution in [0.15, 0.2) is 11.6 Å². The van der Waals surface area contributed by atoms with E-state index < -0.39 is 0 Å². The molecule has 4 saturated carbocycles. The SMILES string of the molecule is C/C(=C\CCOC(=O)N(C)C[C@@H]1CCCN1)[C@H]1CCC2[C@@H]3CCC4C[C@@H](C)CC[C@]4(C)C3CC[C@@]21C. The van der Waals surface area contributed by atoms with Crippen LogP contribution in [0.5, 0.6) is 0 Å². The van der Waals surface area contributed by atoms with E-state index in [1.807, 2.05) is 7.05 Å². The standard InChI is InChI=1S/C32H54N2O2/c1-22-14-16-31(3)24(20-22)10-11-26-28-13-12-27(32(28,4)17-15-29(26)31)23(2)8-7-19-36-30(35)34(5)21-25-9-6-18-33-25/h8,22,24-29,33H,6-7,9-21H2,1-5H3/b23-8+/t22-,24?,25-,26-,27+,28?,29?,31-,32+/m0/s1. The Bertz CT molecular complexity index is 819. The highest BCUT2D eigenvalue weighted by molar-refractivity contribution is 5.67. The molecular weight excluding hydrogens is 444 g/mol. The first-order valence-electron chi connectivity index (χ1n) is 15.5. The van der Waals surface area contributed by atoms with Gasteiger partial charge in [0.05, 0.1) is 6.61 Å².